The first-order valence-corrected chi connectivity index (χ1v) is 14.2. The molecule has 30 heavy (non-hydrogen) atoms. The van der Waals surface area contributed by atoms with Gasteiger partial charge in [0.05, 0.1) is 19.8 Å². The maximum atomic E-state index is 13.0. The van der Waals surface area contributed by atoms with Gasteiger partial charge in [-0.3, -0.25) is 13.6 Å². The van der Waals surface area contributed by atoms with E-state index in [9.17, 15) is 4.57 Å². The van der Waals surface area contributed by atoms with Crippen LogP contribution in [0, 0.1) is 0 Å². The van der Waals surface area contributed by atoms with Crippen molar-refractivity contribution in [1.82, 2.24) is 0 Å². The zero-order valence-electron chi connectivity index (χ0n) is 19.9. The van der Waals surface area contributed by atoms with Crippen LogP contribution in [0.5, 0.6) is 0 Å². The summed E-state index contributed by atoms with van der Waals surface area (Å²) in [7, 11) is -3.40. The van der Waals surface area contributed by atoms with Crippen molar-refractivity contribution in [2.45, 2.75) is 136 Å². The summed E-state index contributed by atoms with van der Waals surface area (Å²) >= 11 is 0. The Morgan fingerprint density at radius 2 is 0.667 bits per heavy atom. The standard InChI is InChI=1S/C24H51O4P.Na.H/c1-4-7-10-13-16-19-22-26-29(25,27-23-20-17-14-11-8-5-2)28-24-21-18-15-12-9-6-3;;/h4-24H2,1-3H3;;. The van der Waals surface area contributed by atoms with Gasteiger partial charge in [0.1, 0.15) is 0 Å². The van der Waals surface area contributed by atoms with Gasteiger partial charge in [0.15, 0.2) is 0 Å². The molecule has 0 aromatic carbocycles. The molecule has 178 valence electrons. The first-order valence-electron chi connectivity index (χ1n) is 12.7. The van der Waals surface area contributed by atoms with E-state index >= 15 is 0 Å². The Bertz CT molecular complexity index is 317. The molecule has 0 spiro atoms. The topological polar surface area (TPSA) is 44.8 Å². The molecule has 0 aliphatic carbocycles. The van der Waals surface area contributed by atoms with Crippen molar-refractivity contribution >= 4 is 37.4 Å². The van der Waals surface area contributed by atoms with E-state index in [2.05, 4.69) is 20.8 Å². The minimum absolute atomic E-state index is 0. The summed E-state index contributed by atoms with van der Waals surface area (Å²) in [6.07, 6.45) is 21.3. The second-order valence-electron chi connectivity index (χ2n) is 8.25. The van der Waals surface area contributed by atoms with E-state index in [0.717, 1.165) is 38.5 Å². The molecule has 0 rings (SSSR count). The van der Waals surface area contributed by atoms with E-state index < -0.39 is 7.82 Å². The van der Waals surface area contributed by atoms with Gasteiger partial charge in [-0.2, -0.15) is 0 Å². The molecule has 0 fully saturated rings. The number of hydrogen-bond acceptors (Lipinski definition) is 4. The maximum absolute atomic E-state index is 13.0. The van der Waals surface area contributed by atoms with Crippen molar-refractivity contribution in [3.05, 3.63) is 0 Å². The number of rotatable bonds is 24. The van der Waals surface area contributed by atoms with E-state index in [1.54, 1.807) is 0 Å². The fourth-order valence-corrected chi connectivity index (χ4v) is 4.57. The normalized spacial score (nSPS) is 11.6. The van der Waals surface area contributed by atoms with Gasteiger partial charge < -0.3 is 0 Å². The molecule has 0 aliphatic rings. The van der Waals surface area contributed by atoms with Crippen molar-refractivity contribution in [1.29, 1.82) is 0 Å². The molecule has 0 aromatic heterocycles. The molecule has 0 saturated heterocycles. The van der Waals surface area contributed by atoms with Gasteiger partial charge in [-0.15, -0.1) is 0 Å². The van der Waals surface area contributed by atoms with Crippen LogP contribution in [0.15, 0.2) is 0 Å². The van der Waals surface area contributed by atoms with Gasteiger partial charge in [-0.25, -0.2) is 4.57 Å². The summed E-state index contributed by atoms with van der Waals surface area (Å²) in [5, 5.41) is 0. The molecule has 0 N–H and O–H groups in total. The Balaban J connectivity index is 0. The van der Waals surface area contributed by atoms with E-state index in [4.69, 9.17) is 13.6 Å². The van der Waals surface area contributed by atoms with Gasteiger partial charge in [-0.1, -0.05) is 117 Å². The van der Waals surface area contributed by atoms with Crippen LogP contribution < -0.4 is 0 Å². The van der Waals surface area contributed by atoms with Crippen LogP contribution >= 0.6 is 7.82 Å². The molecule has 0 saturated carbocycles. The van der Waals surface area contributed by atoms with Crippen LogP contribution in [-0.2, 0) is 18.1 Å². The Labute approximate surface area is 210 Å². The Morgan fingerprint density at radius 3 is 0.933 bits per heavy atom. The fourth-order valence-electron chi connectivity index (χ4n) is 3.29. The molecule has 0 radical (unpaired) electrons. The summed E-state index contributed by atoms with van der Waals surface area (Å²) in [4.78, 5) is 0. The molecule has 0 aromatic rings. The molecule has 0 atom stereocenters. The third kappa shape index (κ3) is 23.8. The average Bonchev–Trinajstić information content (AvgIpc) is 2.72. The average molecular weight is 459 g/mol. The van der Waals surface area contributed by atoms with E-state index in [0.29, 0.717) is 19.8 Å². The van der Waals surface area contributed by atoms with Crippen LogP contribution in [0.4, 0.5) is 0 Å². The monoisotopic (exact) mass is 458 g/mol. The van der Waals surface area contributed by atoms with Crippen LogP contribution in [0.1, 0.15) is 136 Å². The summed E-state index contributed by atoms with van der Waals surface area (Å²) in [5.74, 6) is 0. The molecule has 0 unspecified atom stereocenters. The van der Waals surface area contributed by atoms with Crippen molar-refractivity contribution in [2.75, 3.05) is 19.8 Å². The SMILES string of the molecule is CCCCCCCCOP(=O)(OCCCCCCCC)OCCCCCCCC.[NaH]. The summed E-state index contributed by atoms with van der Waals surface area (Å²) in [5.41, 5.74) is 0. The second-order valence-corrected chi connectivity index (χ2v) is 9.92. The Morgan fingerprint density at radius 1 is 0.433 bits per heavy atom. The number of phosphoric ester groups is 1. The molecular weight excluding hydrogens is 406 g/mol. The van der Waals surface area contributed by atoms with Gasteiger partial charge in [0.2, 0.25) is 0 Å². The first kappa shape index (κ1) is 33.3. The Kier molecular flexibility index (Phi) is 29.2. The molecule has 4 nitrogen and oxygen atoms in total. The molecule has 0 heterocycles. The van der Waals surface area contributed by atoms with Crippen molar-refractivity contribution < 1.29 is 18.1 Å². The Hall–Kier alpha value is 1.11. The van der Waals surface area contributed by atoms with Crippen LogP contribution in [0.2, 0.25) is 0 Å². The molecule has 0 bridgehead atoms. The fraction of sp³-hybridized carbons (Fsp3) is 1.00. The van der Waals surface area contributed by atoms with Crippen molar-refractivity contribution in [3.8, 4) is 0 Å². The van der Waals surface area contributed by atoms with E-state index in [1.807, 2.05) is 0 Å². The van der Waals surface area contributed by atoms with Gasteiger partial charge in [0, 0.05) is 0 Å². The summed E-state index contributed by atoms with van der Waals surface area (Å²) < 4.78 is 29.9. The molecule has 6 heteroatoms. The number of phosphoric acid groups is 1. The van der Waals surface area contributed by atoms with Crippen molar-refractivity contribution in [2.24, 2.45) is 0 Å². The van der Waals surface area contributed by atoms with Gasteiger partial charge >= 0.3 is 37.4 Å². The second kappa shape index (κ2) is 26.4. The van der Waals surface area contributed by atoms with Crippen LogP contribution in [0.25, 0.3) is 0 Å². The quantitative estimate of drug-likeness (QED) is 0.0825. The van der Waals surface area contributed by atoms with E-state index in [1.165, 1.54) is 77.0 Å². The first-order chi connectivity index (χ1) is 14.2. The predicted octanol–water partition coefficient (Wildman–Crippen LogP) is 8.58. The zero-order chi connectivity index (χ0) is 21.5. The third-order valence-electron chi connectivity index (χ3n) is 5.24. The third-order valence-corrected chi connectivity index (χ3v) is 6.74. The molecular formula is C24H52NaO4P. The zero-order valence-corrected chi connectivity index (χ0v) is 20.8. The summed E-state index contributed by atoms with van der Waals surface area (Å²) in [6, 6.07) is 0. The van der Waals surface area contributed by atoms with Gasteiger partial charge in [-0.05, 0) is 19.3 Å². The van der Waals surface area contributed by atoms with E-state index in [-0.39, 0.29) is 29.6 Å². The van der Waals surface area contributed by atoms with Crippen LogP contribution in [-0.4, -0.2) is 49.4 Å². The predicted molar refractivity (Wildman–Crippen MR) is 133 cm³/mol. The number of unbranched alkanes of at least 4 members (excludes halogenated alkanes) is 15. The van der Waals surface area contributed by atoms with Gasteiger partial charge in [0.25, 0.3) is 0 Å². The van der Waals surface area contributed by atoms with Crippen molar-refractivity contribution in [3.63, 3.8) is 0 Å². The minimum atomic E-state index is -3.40. The van der Waals surface area contributed by atoms with Crippen LogP contribution in [0.3, 0.4) is 0 Å². The summed E-state index contributed by atoms with van der Waals surface area (Å²) in [6.45, 7) is 8.08. The number of hydrogen-bond donors (Lipinski definition) is 0. The molecule has 0 amide bonds. The molecule has 0 aliphatic heterocycles.